The Morgan fingerprint density at radius 2 is 1.92 bits per heavy atom. The normalized spacial score (nSPS) is 10.7. The molecule has 1 aromatic heterocycles. The highest BCUT2D eigenvalue weighted by molar-refractivity contribution is 5.89. The molecule has 2 aromatic carbocycles. The molecule has 0 bridgehead atoms. The largest absolute Gasteiger partial charge is 0.478 e. The van der Waals surface area contributed by atoms with Crippen LogP contribution in [0, 0.1) is 18.6 Å². The molecule has 0 unspecified atom stereocenters. The highest BCUT2D eigenvalue weighted by atomic mass is 19.2. The van der Waals surface area contributed by atoms with E-state index in [-0.39, 0.29) is 11.1 Å². The Hall–Kier alpha value is -3.08. The Balaban J connectivity index is 1.89. The van der Waals surface area contributed by atoms with Gasteiger partial charge in [0, 0.05) is 11.8 Å². The van der Waals surface area contributed by atoms with Gasteiger partial charge in [-0.3, -0.25) is 4.98 Å². The highest BCUT2D eigenvalue weighted by Crippen LogP contribution is 2.23. The Kier molecular flexibility index (Phi) is 4.57. The van der Waals surface area contributed by atoms with E-state index in [2.05, 4.69) is 4.98 Å². The number of pyridine rings is 1. The second kappa shape index (κ2) is 6.81. The zero-order chi connectivity index (χ0) is 18.0. The van der Waals surface area contributed by atoms with Gasteiger partial charge in [-0.25, -0.2) is 13.6 Å². The minimum atomic E-state index is -0.981. The van der Waals surface area contributed by atoms with Crippen LogP contribution in [0.2, 0.25) is 0 Å². The van der Waals surface area contributed by atoms with E-state index in [9.17, 15) is 18.7 Å². The quantitative estimate of drug-likeness (QED) is 0.754. The maximum atomic E-state index is 13.8. The third-order valence-corrected chi connectivity index (χ3v) is 3.94. The van der Waals surface area contributed by atoms with Gasteiger partial charge in [-0.15, -0.1) is 0 Å². The molecule has 0 fully saturated rings. The van der Waals surface area contributed by atoms with Crippen molar-refractivity contribution in [3.05, 3.63) is 88.6 Å². The summed E-state index contributed by atoms with van der Waals surface area (Å²) in [5.41, 5.74) is 2.99. The first-order chi connectivity index (χ1) is 12.0. The first-order valence-corrected chi connectivity index (χ1v) is 7.68. The van der Waals surface area contributed by atoms with Gasteiger partial charge in [-0.2, -0.15) is 0 Å². The molecule has 0 aliphatic heterocycles. The van der Waals surface area contributed by atoms with Gasteiger partial charge < -0.3 is 5.11 Å². The van der Waals surface area contributed by atoms with Crippen molar-refractivity contribution in [1.82, 2.24) is 4.98 Å². The number of aromatic carboxylic acids is 1. The Bertz CT molecular complexity index is 937. The van der Waals surface area contributed by atoms with Crippen LogP contribution in [-0.2, 0) is 6.42 Å². The summed E-state index contributed by atoms with van der Waals surface area (Å²) in [6.07, 6.45) is 1.94. The molecule has 0 saturated carbocycles. The van der Waals surface area contributed by atoms with Crippen LogP contribution in [0.5, 0.6) is 0 Å². The number of hydrogen-bond donors (Lipinski definition) is 1. The first kappa shape index (κ1) is 16.8. The van der Waals surface area contributed by atoms with Gasteiger partial charge in [-0.05, 0) is 48.7 Å². The number of aromatic nitrogens is 1. The van der Waals surface area contributed by atoms with Crippen molar-refractivity contribution in [2.75, 3.05) is 0 Å². The number of nitrogens with zero attached hydrogens (tertiary/aromatic N) is 1. The van der Waals surface area contributed by atoms with Crippen molar-refractivity contribution in [1.29, 1.82) is 0 Å². The van der Waals surface area contributed by atoms with Crippen LogP contribution < -0.4 is 0 Å². The van der Waals surface area contributed by atoms with E-state index in [1.54, 1.807) is 30.5 Å². The summed E-state index contributed by atoms with van der Waals surface area (Å²) in [5.74, 6) is -2.84. The fraction of sp³-hybridized carbons (Fsp3) is 0.100. The van der Waals surface area contributed by atoms with Crippen LogP contribution in [0.1, 0.15) is 27.0 Å². The van der Waals surface area contributed by atoms with Crippen molar-refractivity contribution in [2.24, 2.45) is 0 Å². The lowest BCUT2D eigenvalue weighted by Crippen LogP contribution is -2.04. The summed E-state index contributed by atoms with van der Waals surface area (Å²) in [7, 11) is 0. The van der Waals surface area contributed by atoms with Gasteiger partial charge in [0.1, 0.15) is 0 Å². The van der Waals surface area contributed by atoms with Crippen LogP contribution in [0.15, 0.2) is 54.7 Å². The predicted octanol–water partition coefficient (Wildman–Crippen LogP) is 4.62. The molecule has 0 saturated heterocycles. The fourth-order valence-corrected chi connectivity index (χ4v) is 2.65. The van der Waals surface area contributed by atoms with Crippen LogP contribution in [0.25, 0.3) is 11.3 Å². The van der Waals surface area contributed by atoms with Gasteiger partial charge >= 0.3 is 5.97 Å². The summed E-state index contributed by atoms with van der Waals surface area (Å²) in [5, 5.41) is 9.32. The molecule has 0 atom stereocenters. The molecular weight excluding hydrogens is 324 g/mol. The van der Waals surface area contributed by atoms with E-state index >= 15 is 0 Å². The second-order valence-corrected chi connectivity index (χ2v) is 5.80. The van der Waals surface area contributed by atoms with E-state index in [0.29, 0.717) is 17.7 Å². The number of hydrogen-bond acceptors (Lipinski definition) is 2. The molecular formula is C20H15F2NO2. The number of rotatable bonds is 4. The monoisotopic (exact) mass is 339 g/mol. The van der Waals surface area contributed by atoms with Crippen LogP contribution in [0.3, 0.4) is 0 Å². The van der Waals surface area contributed by atoms with Crippen molar-refractivity contribution in [3.8, 4) is 11.3 Å². The molecule has 0 spiro atoms. The molecule has 0 amide bonds. The molecule has 3 aromatic rings. The summed E-state index contributed by atoms with van der Waals surface area (Å²) >= 11 is 0. The van der Waals surface area contributed by atoms with Crippen LogP contribution in [0.4, 0.5) is 8.78 Å². The van der Waals surface area contributed by atoms with Gasteiger partial charge in [0.05, 0.1) is 11.3 Å². The minimum absolute atomic E-state index is 0.0908. The van der Waals surface area contributed by atoms with Gasteiger partial charge in [0.15, 0.2) is 11.6 Å². The van der Waals surface area contributed by atoms with E-state index in [1.807, 2.05) is 13.0 Å². The SMILES string of the molecule is Cc1ccc(Cc2ccc(-c3cccc(F)c3F)nc2)c(C(=O)O)c1. The Morgan fingerprint density at radius 1 is 1.12 bits per heavy atom. The van der Waals surface area contributed by atoms with Crippen molar-refractivity contribution < 1.29 is 18.7 Å². The Morgan fingerprint density at radius 3 is 2.60 bits per heavy atom. The topological polar surface area (TPSA) is 50.2 Å². The number of halogens is 2. The van der Waals surface area contributed by atoms with Crippen molar-refractivity contribution >= 4 is 5.97 Å². The highest BCUT2D eigenvalue weighted by Gasteiger charge is 2.13. The summed E-state index contributed by atoms with van der Waals surface area (Å²) in [6, 6.07) is 12.5. The second-order valence-electron chi connectivity index (χ2n) is 5.80. The van der Waals surface area contributed by atoms with Crippen LogP contribution >= 0.6 is 0 Å². The van der Waals surface area contributed by atoms with Crippen molar-refractivity contribution in [2.45, 2.75) is 13.3 Å². The molecule has 0 radical (unpaired) electrons. The molecule has 1 heterocycles. The number of carboxylic acid groups (broad SMARTS) is 1. The van der Waals surface area contributed by atoms with Gasteiger partial charge in [0.2, 0.25) is 0 Å². The standard InChI is InChI=1S/C20H15F2NO2/c1-12-5-7-14(16(9-12)20(24)25)10-13-6-8-18(23-11-13)15-3-2-4-17(21)19(15)22/h2-9,11H,10H2,1H3,(H,24,25). The average Bonchev–Trinajstić information content (AvgIpc) is 2.59. The third-order valence-electron chi connectivity index (χ3n) is 3.94. The van der Waals surface area contributed by atoms with E-state index in [4.69, 9.17) is 0 Å². The molecule has 3 rings (SSSR count). The lowest BCUT2D eigenvalue weighted by atomic mass is 9.98. The van der Waals surface area contributed by atoms with E-state index < -0.39 is 17.6 Å². The zero-order valence-corrected chi connectivity index (χ0v) is 13.5. The average molecular weight is 339 g/mol. The smallest absolute Gasteiger partial charge is 0.335 e. The number of carboxylic acids is 1. The summed E-state index contributed by atoms with van der Waals surface area (Å²) in [6.45, 7) is 1.83. The number of carbonyl (C=O) groups is 1. The predicted molar refractivity (Wildman–Crippen MR) is 90.5 cm³/mol. The van der Waals surface area contributed by atoms with Crippen LogP contribution in [-0.4, -0.2) is 16.1 Å². The maximum Gasteiger partial charge on any atom is 0.335 e. The molecule has 1 N–H and O–H groups in total. The summed E-state index contributed by atoms with van der Waals surface area (Å²) in [4.78, 5) is 15.6. The van der Waals surface area contributed by atoms with E-state index in [0.717, 1.165) is 17.2 Å². The zero-order valence-electron chi connectivity index (χ0n) is 13.5. The molecule has 0 aliphatic rings. The lowest BCUT2D eigenvalue weighted by molar-refractivity contribution is 0.0695. The lowest BCUT2D eigenvalue weighted by Gasteiger charge is -2.08. The van der Waals surface area contributed by atoms with Crippen molar-refractivity contribution in [3.63, 3.8) is 0 Å². The van der Waals surface area contributed by atoms with E-state index in [1.165, 1.54) is 12.1 Å². The molecule has 126 valence electrons. The first-order valence-electron chi connectivity index (χ1n) is 7.68. The molecule has 25 heavy (non-hydrogen) atoms. The third kappa shape index (κ3) is 3.55. The van der Waals surface area contributed by atoms with Gasteiger partial charge in [0.25, 0.3) is 0 Å². The number of aryl methyl sites for hydroxylation is 1. The molecule has 3 nitrogen and oxygen atoms in total. The molecule has 5 heteroatoms. The number of benzene rings is 2. The van der Waals surface area contributed by atoms with Gasteiger partial charge in [-0.1, -0.05) is 29.8 Å². The Labute approximate surface area is 143 Å². The minimum Gasteiger partial charge on any atom is -0.478 e. The summed E-state index contributed by atoms with van der Waals surface area (Å²) < 4.78 is 27.2. The maximum absolute atomic E-state index is 13.8. The fourth-order valence-electron chi connectivity index (χ4n) is 2.65. The molecule has 0 aliphatic carbocycles.